The van der Waals surface area contributed by atoms with Crippen molar-refractivity contribution in [3.63, 3.8) is 0 Å². The molecular formula is C16H26N2. The zero-order valence-corrected chi connectivity index (χ0v) is 11.6. The number of allylic oxidation sites excluding steroid dienone is 1. The van der Waals surface area contributed by atoms with Crippen LogP contribution in [0.5, 0.6) is 0 Å². The molecule has 100 valence electrons. The molecule has 3 unspecified atom stereocenters. The zero-order chi connectivity index (χ0) is 12.5. The topological polar surface area (TPSA) is 24.4 Å². The lowest BCUT2D eigenvalue weighted by atomic mass is 9.87. The third-order valence-electron chi connectivity index (χ3n) is 5.30. The van der Waals surface area contributed by atoms with Crippen LogP contribution in [0.1, 0.15) is 51.9 Å². The number of nitrogens with one attached hydrogen (secondary N) is 1. The second-order valence-corrected chi connectivity index (χ2v) is 6.52. The van der Waals surface area contributed by atoms with Gasteiger partial charge in [0, 0.05) is 29.3 Å². The van der Waals surface area contributed by atoms with Gasteiger partial charge in [-0.25, -0.2) is 0 Å². The van der Waals surface area contributed by atoms with Crippen molar-refractivity contribution < 1.29 is 0 Å². The minimum Gasteiger partial charge on any atom is -0.314 e. The first-order valence-electron chi connectivity index (χ1n) is 7.71. The summed E-state index contributed by atoms with van der Waals surface area (Å²) in [6, 6.07) is 0.771. The fraction of sp³-hybridized carbons (Fsp3) is 0.812. The van der Waals surface area contributed by atoms with Gasteiger partial charge in [0.1, 0.15) is 0 Å². The minimum absolute atomic E-state index is 0.672. The fourth-order valence-electron chi connectivity index (χ4n) is 4.18. The van der Waals surface area contributed by atoms with Gasteiger partial charge in [0.15, 0.2) is 0 Å². The lowest BCUT2D eigenvalue weighted by Crippen LogP contribution is -2.32. The Kier molecular flexibility index (Phi) is 3.56. The van der Waals surface area contributed by atoms with Crippen molar-refractivity contribution in [2.75, 3.05) is 6.54 Å². The minimum atomic E-state index is 0.672. The zero-order valence-electron chi connectivity index (χ0n) is 11.6. The van der Waals surface area contributed by atoms with Crippen LogP contribution in [0, 0.1) is 17.8 Å². The molecule has 1 aliphatic heterocycles. The molecule has 1 saturated heterocycles. The normalized spacial score (nSPS) is 37.2. The van der Waals surface area contributed by atoms with Crippen LogP contribution >= 0.6 is 0 Å². The van der Waals surface area contributed by atoms with Crippen molar-refractivity contribution in [1.82, 2.24) is 5.32 Å². The van der Waals surface area contributed by atoms with Gasteiger partial charge in [-0.1, -0.05) is 25.8 Å². The summed E-state index contributed by atoms with van der Waals surface area (Å²) in [5.41, 5.74) is 2.53. The van der Waals surface area contributed by atoms with Crippen LogP contribution < -0.4 is 5.32 Å². The maximum Gasteiger partial charge on any atom is 0.0362 e. The summed E-state index contributed by atoms with van der Waals surface area (Å²) in [5, 5.41) is 3.58. The standard InChI is InChI=1S/C16H26N2/c1-11(13-6-4-3-5-7-13)18-12(2)16-9-15-8-14(16)10-17-15/h13-17H,1,3-10H2,2H3. The molecule has 18 heavy (non-hydrogen) atoms. The predicted octanol–water partition coefficient (Wildman–Crippen LogP) is 3.54. The summed E-state index contributed by atoms with van der Waals surface area (Å²) in [5.74, 6) is 2.25. The first-order valence-corrected chi connectivity index (χ1v) is 7.71. The van der Waals surface area contributed by atoms with Crippen LogP contribution in [0.15, 0.2) is 17.3 Å². The van der Waals surface area contributed by atoms with E-state index >= 15 is 0 Å². The molecule has 2 nitrogen and oxygen atoms in total. The van der Waals surface area contributed by atoms with Crippen LogP contribution in [0.2, 0.25) is 0 Å². The first kappa shape index (κ1) is 12.4. The van der Waals surface area contributed by atoms with Crippen LogP contribution in [-0.4, -0.2) is 18.3 Å². The van der Waals surface area contributed by atoms with Gasteiger partial charge in [0.25, 0.3) is 0 Å². The Bertz CT molecular complexity index is 352. The molecule has 3 rings (SSSR count). The molecule has 3 fully saturated rings. The molecule has 2 saturated carbocycles. The Morgan fingerprint density at radius 3 is 2.56 bits per heavy atom. The van der Waals surface area contributed by atoms with Crippen molar-refractivity contribution in [2.24, 2.45) is 22.7 Å². The number of rotatable bonds is 3. The van der Waals surface area contributed by atoms with Gasteiger partial charge >= 0.3 is 0 Å². The van der Waals surface area contributed by atoms with E-state index in [1.807, 2.05) is 0 Å². The van der Waals surface area contributed by atoms with E-state index in [1.54, 1.807) is 0 Å². The summed E-state index contributed by atoms with van der Waals surface area (Å²) in [7, 11) is 0. The van der Waals surface area contributed by atoms with Gasteiger partial charge in [-0.05, 0) is 45.1 Å². The van der Waals surface area contributed by atoms with E-state index in [-0.39, 0.29) is 0 Å². The van der Waals surface area contributed by atoms with Crippen molar-refractivity contribution in [2.45, 2.75) is 57.9 Å². The third-order valence-corrected chi connectivity index (χ3v) is 5.30. The summed E-state index contributed by atoms with van der Waals surface area (Å²) in [6.07, 6.45) is 9.45. The molecule has 1 heterocycles. The number of aliphatic imine (C=N–C) groups is 1. The first-order chi connectivity index (χ1) is 8.74. The number of nitrogens with zero attached hydrogens (tertiary/aromatic N) is 1. The van der Waals surface area contributed by atoms with Crippen molar-refractivity contribution in [3.8, 4) is 0 Å². The third kappa shape index (κ3) is 2.40. The van der Waals surface area contributed by atoms with Crippen molar-refractivity contribution >= 4 is 5.71 Å². The lowest BCUT2D eigenvalue weighted by molar-refractivity contribution is 0.399. The van der Waals surface area contributed by atoms with Gasteiger partial charge < -0.3 is 5.32 Å². The highest BCUT2D eigenvalue weighted by atomic mass is 15.0. The lowest BCUT2D eigenvalue weighted by Gasteiger charge is -2.25. The van der Waals surface area contributed by atoms with Gasteiger partial charge in [-0.2, -0.15) is 0 Å². The van der Waals surface area contributed by atoms with Crippen LogP contribution in [0.25, 0.3) is 0 Å². The fourth-order valence-corrected chi connectivity index (χ4v) is 4.18. The molecule has 0 spiro atoms. The van der Waals surface area contributed by atoms with E-state index in [0.29, 0.717) is 5.92 Å². The molecule has 0 amide bonds. The molecule has 3 atom stereocenters. The van der Waals surface area contributed by atoms with Crippen molar-refractivity contribution in [1.29, 1.82) is 0 Å². The largest absolute Gasteiger partial charge is 0.314 e. The predicted molar refractivity (Wildman–Crippen MR) is 76.8 cm³/mol. The molecule has 0 aromatic carbocycles. The Morgan fingerprint density at radius 1 is 1.17 bits per heavy atom. The highest BCUT2D eigenvalue weighted by Gasteiger charge is 2.40. The van der Waals surface area contributed by atoms with Crippen molar-refractivity contribution in [3.05, 3.63) is 12.3 Å². The Labute approximate surface area is 111 Å². The smallest absolute Gasteiger partial charge is 0.0362 e. The molecule has 2 heteroatoms. The van der Waals surface area contributed by atoms with Gasteiger partial charge in [-0.15, -0.1) is 0 Å². The molecular weight excluding hydrogens is 220 g/mol. The van der Waals surface area contributed by atoms with Gasteiger partial charge in [-0.3, -0.25) is 4.99 Å². The quantitative estimate of drug-likeness (QED) is 0.757. The number of hydrogen-bond acceptors (Lipinski definition) is 2. The summed E-state index contributed by atoms with van der Waals surface area (Å²) >= 11 is 0. The second kappa shape index (κ2) is 5.16. The van der Waals surface area contributed by atoms with Gasteiger partial charge in [0.2, 0.25) is 0 Å². The van der Waals surface area contributed by atoms with E-state index in [9.17, 15) is 0 Å². The van der Waals surface area contributed by atoms with E-state index in [1.165, 1.54) is 62.9 Å². The molecule has 2 bridgehead atoms. The molecule has 0 radical (unpaired) electrons. The number of fused-ring (bicyclic) bond motifs is 2. The summed E-state index contributed by atoms with van der Waals surface area (Å²) in [4.78, 5) is 4.90. The van der Waals surface area contributed by atoms with E-state index in [4.69, 9.17) is 4.99 Å². The SMILES string of the molecule is C=C(N=C(C)C1CC2CC1CN2)C1CCCCC1. The maximum absolute atomic E-state index is 4.90. The molecule has 0 aromatic rings. The average Bonchev–Trinajstić information content (AvgIpc) is 3.02. The second-order valence-electron chi connectivity index (χ2n) is 6.52. The monoisotopic (exact) mass is 246 g/mol. The van der Waals surface area contributed by atoms with Crippen LogP contribution in [0.3, 0.4) is 0 Å². The molecule has 3 aliphatic rings. The van der Waals surface area contributed by atoms with Crippen LogP contribution in [0.4, 0.5) is 0 Å². The number of hydrogen-bond donors (Lipinski definition) is 1. The molecule has 1 N–H and O–H groups in total. The highest BCUT2D eigenvalue weighted by Crippen LogP contribution is 2.38. The van der Waals surface area contributed by atoms with E-state index in [2.05, 4.69) is 18.8 Å². The van der Waals surface area contributed by atoms with Crippen LogP contribution in [-0.2, 0) is 0 Å². The average molecular weight is 246 g/mol. The number of piperidine rings is 1. The van der Waals surface area contributed by atoms with E-state index in [0.717, 1.165) is 17.9 Å². The Hall–Kier alpha value is -0.630. The molecule has 2 aliphatic carbocycles. The Morgan fingerprint density at radius 2 is 1.94 bits per heavy atom. The Balaban J connectivity index is 1.62. The van der Waals surface area contributed by atoms with E-state index < -0.39 is 0 Å². The molecule has 0 aromatic heterocycles. The van der Waals surface area contributed by atoms with Gasteiger partial charge in [0.05, 0.1) is 0 Å². The summed E-state index contributed by atoms with van der Waals surface area (Å²) in [6.45, 7) is 7.69. The highest BCUT2D eigenvalue weighted by molar-refractivity contribution is 5.86. The maximum atomic E-state index is 4.90. The summed E-state index contributed by atoms with van der Waals surface area (Å²) < 4.78 is 0.